The Morgan fingerprint density at radius 2 is 2.21 bits per heavy atom. The van der Waals surface area contributed by atoms with E-state index in [1.54, 1.807) is 0 Å². The fourth-order valence-corrected chi connectivity index (χ4v) is 3.64. The van der Waals surface area contributed by atoms with Crippen molar-refractivity contribution in [2.45, 2.75) is 38.0 Å². The van der Waals surface area contributed by atoms with Crippen LogP contribution in [0.25, 0.3) is 0 Å². The van der Waals surface area contributed by atoms with Crippen molar-refractivity contribution >= 4 is 16.9 Å². The number of amidine groups is 1. The van der Waals surface area contributed by atoms with Crippen LogP contribution < -0.4 is 5.32 Å². The molecule has 0 saturated carbocycles. The molecule has 3 unspecified atom stereocenters. The van der Waals surface area contributed by atoms with Crippen LogP contribution in [0, 0.1) is 0 Å². The van der Waals surface area contributed by atoms with Gasteiger partial charge in [-0.25, -0.2) is 0 Å². The molecular weight excluding hydrogens is 256 g/mol. The lowest BCUT2D eigenvalue weighted by Gasteiger charge is -2.20. The third kappa shape index (κ3) is 3.12. The number of thioether (sulfide) groups is 1. The van der Waals surface area contributed by atoms with Crippen LogP contribution in [0.2, 0.25) is 0 Å². The van der Waals surface area contributed by atoms with Crippen molar-refractivity contribution in [3.8, 4) is 0 Å². The summed E-state index contributed by atoms with van der Waals surface area (Å²) < 4.78 is 5.71. The van der Waals surface area contributed by atoms with Gasteiger partial charge in [0, 0.05) is 12.4 Å². The zero-order valence-electron chi connectivity index (χ0n) is 11.2. The molecule has 2 heterocycles. The average Bonchev–Trinajstić information content (AvgIpc) is 3.11. The molecule has 1 N–H and O–H groups in total. The molecule has 0 aliphatic carbocycles. The molecule has 1 aromatic carbocycles. The second-order valence-corrected chi connectivity index (χ2v) is 6.16. The van der Waals surface area contributed by atoms with Gasteiger partial charge in [0.2, 0.25) is 0 Å². The van der Waals surface area contributed by atoms with Crippen LogP contribution in [0.4, 0.5) is 0 Å². The van der Waals surface area contributed by atoms with E-state index in [0.717, 1.165) is 23.9 Å². The predicted octanol–water partition coefficient (Wildman–Crippen LogP) is 2.99. The first-order valence-electron chi connectivity index (χ1n) is 6.96. The smallest absolute Gasteiger partial charge is 0.157 e. The van der Waals surface area contributed by atoms with Gasteiger partial charge in [-0.2, -0.15) is 0 Å². The van der Waals surface area contributed by atoms with E-state index in [2.05, 4.69) is 36.5 Å². The SMILES string of the molecule is CC(NC1=NC(c2ccccc2)CS1)C1CCCO1. The van der Waals surface area contributed by atoms with E-state index in [4.69, 9.17) is 9.73 Å². The molecule has 0 aromatic heterocycles. The average molecular weight is 276 g/mol. The van der Waals surface area contributed by atoms with E-state index in [-0.39, 0.29) is 0 Å². The standard InChI is InChI=1S/C15H20N2OS/c1-11(14-8-5-9-18-14)16-15-17-13(10-19-15)12-6-3-2-4-7-12/h2-4,6-7,11,13-14H,5,8-10H2,1H3,(H,16,17). The van der Waals surface area contributed by atoms with Gasteiger partial charge in [0.05, 0.1) is 18.2 Å². The Bertz CT molecular complexity index is 443. The highest BCUT2D eigenvalue weighted by atomic mass is 32.2. The maximum atomic E-state index is 5.71. The maximum absolute atomic E-state index is 5.71. The maximum Gasteiger partial charge on any atom is 0.157 e. The van der Waals surface area contributed by atoms with Gasteiger partial charge in [0.1, 0.15) is 0 Å². The highest BCUT2D eigenvalue weighted by molar-refractivity contribution is 8.14. The van der Waals surface area contributed by atoms with E-state index in [1.165, 1.54) is 12.0 Å². The molecule has 19 heavy (non-hydrogen) atoms. The van der Waals surface area contributed by atoms with Gasteiger partial charge in [0.25, 0.3) is 0 Å². The van der Waals surface area contributed by atoms with Gasteiger partial charge in [-0.15, -0.1) is 0 Å². The molecule has 3 rings (SSSR count). The van der Waals surface area contributed by atoms with Crippen molar-refractivity contribution in [3.63, 3.8) is 0 Å². The lowest BCUT2D eigenvalue weighted by molar-refractivity contribution is 0.0896. The summed E-state index contributed by atoms with van der Waals surface area (Å²) in [6.07, 6.45) is 2.69. The Labute approximate surface area is 118 Å². The summed E-state index contributed by atoms with van der Waals surface area (Å²) in [4.78, 5) is 4.78. The van der Waals surface area contributed by atoms with Crippen molar-refractivity contribution in [2.24, 2.45) is 4.99 Å². The summed E-state index contributed by atoms with van der Waals surface area (Å²) in [5, 5.41) is 4.57. The molecule has 0 spiro atoms. The summed E-state index contributed by atoms with van der Waals surface area (Å²) >= 11 is 1.82. The lowest BCUT2D eigenvalue weighted by Crippen LogP contribution is -2.39. The van der Waals surface area contributed by atoms with Crippen molar-refractivity contribution in [2.75, 3.05) is 12.4 Å². The normalized spacial score (nSPS) is 28.2. The molecule has 4 heteroatoms. The number of rotatable bonds is 3. The zero-order chi connectivity index (χ0) is 13.1. The van der Waals surface area contributed by atoms with E-state index < -0.39 is 0 Å². The molecule has 2 aliphatic rings. The highest BCUT2D eigenvalue weighted by Crippen LogP contribution is 2.29. The number of nitrogens with zero attached hydrogens (tertiary/aromatic N) is 1. The molecule has 102 valence electrons. The molecule has 0 radical (unpaired) electrons. The van der Waals surface area contributed by atoms with Gasteiger partial charge >= 0.3 is 0 Å². The van der Waals surface area contributed by atoms with Gasteiger partial charge in [-0.1, -0.05) is 42.1 Å². The Kier molecular flexibility index (Phi) is 4.09. The number of hydrogen-bond donors (Lipinski definition) is 1. The minimum atomic E-state index is 0.297. The van der Waals surface area contributed by atoms with Crippen LogP contribution in [-0.2, 0) is 4.74 Å². The summed E-state index contributed by atoms with van der Waals surface area (Å²) in [7, 11) is 0. The molecule has 0 bridgehead atoms. The zero-order valence-corrected chi connectivity index (χ0v) is 12.0. The van der Waals surface area contributed by atoms with Crippen molar-refractivity contribution in [3.05, 3.63) is 35.9 Å². The summed E-state index contributed by atoms with van der Waals surface area (Å²) in [5.41, 5.74) is 1.30. The van der Waals surface area contributed by atoms with Crippen molar-refractivity contribution in [1.29, 1.82) is 0 Å². The number of nitrogens with one attached hydrogen (secondary N) is 1. The van der Waals surface area contributed by atoms with Crippen molar-refractivity contribution < 1.29 is 4.74 Å². The first-order valence-corrected chi connectivity index (χ1v) is 7.95. The Balaban J connectivity index is 1.60. The molecule has 1 aromatic rings. The first kappa shape index (κ1) is 13.0. The quantitative estimate of drug-likeness (QED) is 0.921. The number of hydrogen-bond acceptors (Lipinski definition) is 4. The van der Waals surface area contributed by atoms with Gasteiger partial charge in [0.15, 0.2) is 5.17 Å². The van der Waals surface area contributed by atoms with Crippen LogP contribution in [0.15, 0.2) is 35.3 Å². The van der Waals surface area contributed by atoms with E-state index in [1.807, 2.05) is 17.8 Å². The fraction of sp³-hybridized carbons (Fsp3) is 0.533. The Morgan fingerprint density at radius 3 is 2.95 bits per heavy atom. The molecular formula is C15H20N2OS. The second-order valence-electron chi connectivity index (χ2n) is 5.16. The van der Waals surface area contributed by atoms with E-state index in [9.17, 15) is 0 Å². The third-order valence-electron chi connectivity index (χ3n) is 3.71. The molecule has 3 atom stereocenters. The van der Waals surface area contributed by atoms with Crippen LogP contribution in [-0.4, -0.2) is 29.7 Å². The largest absolute Gasteiger partial charge is 0.376 e. The fourth-order valence-electron chi connectivity index (χ4n) is 2.58. The summed E-state index contributed by atoms with van der Waals surface area (Å²) in [6.45, 7) is 3.10. The van der Waals surface area contributed by atoms with Gasteiger partial charge < -0.3 is 10.1 Å². The first-order chi connectivity index (χ1) is 9.33. The van der Waals surface area contributed by atoms with Crippen LogP contribution >= 0.6 is 11.8 Å². The van der Waals surface area contributed by atoms with E-state index in [0.29, 0.717) is 18.2 Å². The lowest BCUT2D eigenvalue weighted by atomic mass is 10.1. The monoisotopic (exact) mass is 276 g/mol. The topological polar surface area (TPSA) is 33.6 Å². The third-order valence-corrected chi connectivity index (χ3v) is 4.69. The summed E-state index contributed by atoms with van der Waals surface area (Å²) in [5.74, 6) is 1.03. The Morgan fingerprint density at radius 1 is 1.37 bits per heavy atom. The minimum absolute atomic E-state index is 0.297. The van der Waals surface area contributed by atoms with Crippen LogP contribution in [0.5, 0.6) is 0 Å². The highest BCUT2D eigenvalue weighted by Gasteiger charge is 2.26. The predicted molar refractivity (Wildman–Crippen MR) is 80.6 cm³/mol. The minimum Gasteiger partial charge on any atom is -0.376 e. The summed E-state index contributed by atoms with van der Waals surface area (Å²) in [6, 6.07) is 11.2. The molecule has 3 nitrogen and oxygen atoms in total. The Hall–Kier alpha value is -1.00. The van der Waals surface area contributed by atoms with Crippen molar-refractivity contribution in [1.82, 2.24) is 5.32 Å². The van der Waals surface area contributed by atoms with Gasteiger partial charge in [-0.05, 0) is 25.3 Å². The molecule has 1 saturated heterocycles. The molecule has 1 fully saturated rings. The molecule has 2 aliphatic heterocycles. The molecule has 0 amide bonds. The number of aliphatic imine (C=N–C) groups is 1. The van der Waals surface area contributed by atoms with E-state index >= 15 is 0 Å². The second kappa shape index (κ2) is 5.97. The van der Waals surface area contributed by atoms with Crippen LogP contribution in [0.1, 0.15) is 31.4 Å². The number of ether oxygens (including phenoxy) is 1. The number of benzene rings is 1. The van der Waals surface area contributed by atoms with Gasteiger partial charge in [-0.3, -0.25) is 4.99 Å². The van der Waals surface area contributed by atoms with Crippen LogP contribution in [0.3, 0.4) is 0 Å².